The standard InChI is InChI=1S/C21H20N2O3S/c1-4-18(24)22-17-8-6-5-7-16(17)21(20(22)26)23(19(25)12-27-21)15-10-13(2)9-14(3)11-15/h5-11H,4,12H2,1-3H3/t21-/m0/s1. The molecule has 0 unspecified atom stereocenters. The van der Waals surface area contributed by atoms with Gasteiger partial charge in [0.05, 0.1) is 11.4 Å². The molecule has 0 radical (unpaired) electrons. The topological polar surface area (TPSA) is 57.7 Å². The van der Waals surface area contributed by atoms with Crippen LogP contribution in [0, 0.1) is 13.8 Å². The Bertz CT molecular complexity index is 967. The van der Waals surface area contributed by atoms with E-state index in [9.17, 15) is 14.4 Å². The highest BCUT2D eigenvalue weighted by molar-refractivity contribution is 8.02. The Morgan fingerprint density at radius 2 is 1.78 bits per heavy atom. The smallest absolute Gasteiger partial charge is 0.275 e. The fraction of sp³-hybridized carbons (Fsp3) is 0.286. The van der Waals surface area contributed by atoms with Gasteiger partial charge in [-0.1, -0.05) is 31.2 Å². The molecule has 1 saturated heterocycles. The number of hydrogen-bond acceptors (Lipinski definition) is 4. The van der Waals surface area contributed by atoms with Gasteiger partial charge in [0.2, 0.25) is 16.7 Å². The molecular weight excluding hydrogens is 360 g/mol. The first-order chi connectivity index (χ1) is 12.9. The van der Waals surface area contributed by atoms with Crippen LogP contribution < -0.4 is 9.80 Å². The van der Waals surface area contributed by atoms with Gasteiger partial charge in [-0.25, -0.2) is 4.90 Å². The number of anilines is 2. The first-order valence-corrected chi connectivity index (χ1v) is 9.91. The molecule has 3 amide bonds. The summed E-state index contributed by atoms with van der Waals surface area (Å²) in [6.45, 7) is 5.67. The summed E-state index contributed by atoms with van der Waals surface area (Å²) in [4.78, 5) is 40.6. The summed E-state index contributed by atoms with van der Waals surface area (Å²) in [7, 11) is 0. The van der Waals surface area contributed by atoms with Gasteiger partial charge in [-0.3, -0.25) is 19.3 Å². The van der Waals surface area contributed by atoms with Crippen LogP contribution in [0.2, 0.25) is 0 Å². The lowest BCUT2D eigenvalue weighted by atomic mass is 10.0. The lowest BCUT2D eigenvalue weighted by Crippen LogP contribution is -2.51. The molecule has 0 bridgehead atoms. The van der Waals surface area contributed by atoms with Gasteiger partial charge in [0.25, 0.3) is 5.91 Å². The van der Waals surface area contributed by atoms with E-state index in [0.717, 1.165) is 11.1 Å². The van der Waals surface area contributed by atoms with Crippen molar-refractivity contribution in [1.82, 2.24) is 0 Å². The number of hydrogen-bond donors (Lipinski definition) is 0. The number of aryl methyl sites for hydroxylation is 2. The SMILES string of the molecule is CCC(=O)N1C(=O)[C@@]2(SCC(=O)N2c2cc(C)cc(C)c2)c2ccccc21. The van der Waals surface area contributed by atoms with Crippen molar-refractivity contribution in [2.45, 2.75) is 32.1 Å². The normalized spacial score (nSPS) is 21.3. The second-order valence-corrected chi connectivity index (χ2v) is 8.08. The van der Waals surface area contributed by atoms with E-state index < -0.39 is 4.87 Å². The summed E-state index contributed by atoms with van der Waals surface area (Å²) in [6, 6.07) is 13.1. The molecule has 1 atom stereocenters. The molecule has 0 saturated carbocycles. The highest BCUT2D eigenvalue weighted by Gasteiger charge is 2.62. The summed E-state index contributed by atoms with van der Waals surface area (Å²) >= 11 is 1.29. The molecule has 0 N–H and O–H groups in total. The van der Waals surface area contributed by atoms with Gasteiger partial charge >= 0.3 is 0 Å². The molecule has 0 aliphatic carbocycles. The van der Waals surface area contributed by atoms with Crippen molar-refractivity contribution in [2.75, 3.05) is 15.6 Å². The molecule has 2 aromatic carbocycles. The molecule has 4 rings (SSSR count). The second-order valence-electron chi connectivity index (χ2n) is 6.91. The number of rotatable bonds is 2. The maximum Gasteiger partial charge on any atom is 0.275 e. The van der Waals surface area contributed by atoms with Crippen LogP contribution in [-0.2, 0) is 19.3 Å². The maximum atomic E-state index is 13.6. The van der Waals surface area contributed by atoms with Crippen molar-refractivity contribution >= 4 is 40.9 Å². The van der Waals surface area contributed by atoms with Crippen molar-refractivity contribution in [3.05, 3.63) is 59.2 Å². The van der Waals surface area contributed by atoms with E-state index in [1.807, 2.05) is 50.2 Å². The Morgan fingerprint density at radius 1 is 1.11 bits per heavy atom. The van der Waals surface area contributed by atoms with Gasteiger partial charge in [-0.2, -0.15) is 0 Å². The lowest BCUT2D eigenvalue weighted by Gasteiger charge is -2.33. The molecule has 138 valence electrons. The van der Waals surface area contributed by atoms with Crippen LogP contribution >= 0.6 is 11.8 Å². The Kier molecular flexibility index (Phi) is 4.11. The minimum Gasteiger partial charge on any atom is -0.283 e. The van der Waals surface area contributed by atoms with Gasteiger partial charge in [0.15, 0.2) is 0 Å². The summed E-state index contributed by atoms with van der Waals surface area (Å²) in [5.74, 6) is -0.546. The van der Waals surface area contributed by atoms with Gasteiger partial charge < -0.3 is 0 Å². The molecule has 6 heteroatoms. The molecule has 2 aliphatic rings. The number of thioether (sulfide) groups is 1. The van der Waals surface area contributed by atoms with Crippen LogP contribution in [0.25, 0.3) is 0 Å². The fourth-order valence-electron chi connectivity index (χ4n) is 3.97. The molecule has 1 fully saturated rings. The van der Waals surface area contributed by atoms with Crippen molar-refractivity contribution in [3.63, 3.8) is 0 Å². The van der Waals surface area contributed by atoms with Crippen LogP contribution in [0.5, 0.6) is 0 Å². The van der Waals surface area contributed by atoms with Crippen molar-refractivity contribution in [1.29, 1.82) is 0 Å². The molecule has 2 aliphatic heterocycles. The summed E-state index contributed by atoms with van der Waals surface area (Å²) < 4.78 is 0. The Morgan fingerprint density at radius 3 is 2.44 bits per heavy atom. The Hall–Kier alpha value is -2.60. The van der Waals surface area contributed by atoms with Gasteiger partial charge in [-0.05, 0) is 43.2 Å². The fourth-order valence-corrected chi connectivity index (χ4v) is 5.31. The van der Waals surface area contributed by atoms with Crippen molar-refractivity contribution in [3.8, 4) is 0 Å². The number of amides is 3. The van der Waals surface area contributed by atoms with Crippen LogP contribution in [0.15, 0.2) is 42.5 Å². The molecule has 0 aromatic heterocycles. The van der Waals surface area contributed by atoms with Crippen LogP contribution in [0.4, 0.5) is 11.4 Å². The monoisotopic (exact) mass is 380 g/mol. The van der Waals surface area contributed by atoms with Gasteiger partial charge in [0, 0.05) is 17.7 Å². The number of fused-ring (bicyclic) bond motifs is 2. The highest BCUT2D eigenvalue weighted by Crippen LogP contribution is 2.55. The second kappa shape index (κ2) is 6.23. The predicted molar refractivity (Wildman–Crippen MR) is 107 cm³/mol. The third kappa shape index (κ3) is 2.43. The van der Waals surface area contributed by atoms with Crippen molar-refractivity contribution in [2.24, 2.45) is 0 Å². The van der Waals surface area contributed by atoms with E-state index in [-0.39, 0.29) is 29.9 Å². The largest absolute Gasteiger partial charge is 0.283 e. The predicted octanol–water partition coefficient (Wildman–Crippen LogP) is 3.52. The van der Waals surface area contributed by atoms with Crippen LogP contribution in [0.3, 0.4) is 0 Å². The number of benzene rings is 2. The van der Waals surface area contributed by atoms with E-state index in [1.165, 1.54) is 16.7 Å². The molecule has 27 heavy (non-hydrogen) atoms. The first kappa shape index (κ1) is 17.8. The van der Waals surface area contributed by atoms with Crippen molar-refractivity contribution < 1.29 is 14.4 Å². The number of carbonyl (C=O) groups excluding carboxylic acids is 3. The molecule has 1 spiro atoms. The van der Waals surface area contributed by atoms with Crippen LogP contribution in [-0.4, -0.2) is 23.5 Å². The first-order valence-electron chi connectivity index (χ1n) is 8.92. The minimum atomic E-state index is -1.22. The highest BCUT2D eigenvalue weighted by atomic mass is 32.2. The minimum absolute atomic E-state index is 0.126. The number of carbonyl (C=O) groups is 3. The van der Waals surface area contributed by atoms with Crippen LogP contribution in [0.1, 0.15) is 30.0 Å². The number of para-hydroxylation sites is 1. The summed E-state index contributed by atoms with van der Waals surface area (Å²) in [6.07, 6.45) is 0.221. The Labute approximate surface area is 162 Å². The number of imide groups is 1. The average Bonchev–Trinajstić information content (AvgIpc) is 3.10. The third-order valence-corrected chi connectivity index (χ3v) is 6.37. The maximum absolute atomic E-state index is 13.6. The molecular formula is C21H20N2O3S. The lowest BCUT2D eigenvalue weighted by molar-refractivity contribution is -0.128. The zero-order valence-electron chi connectivity index (χ0n) is 15.5. The van der Waals surface area contributed by atoms with E-state index in [4.69, 9.17) is 0 Å². The summed E-state index contributed by atoms with van der Waals surface area (Å²) in [5.41, 5.74) is 4.00. The summed E-state index contributed by atoms with van der Waals surface area (Å²) in [5, 5.41) is 0. The van der Waals surface area contributed by atoms with Gasteiger partial charge in [-0.15, -0.1) is 11.8 Å². The zero-order valence-corrected chi connectivity index (χ0v) is 16.3. The third-order valence-electron chi connectivity index (χ3n) is 4.99. The molecule has 2 aromatic rings. The average molecular weight is 380 g/mol. The quantitative estimate of drug-likeness (QED) is 0.800. The van der Waals surface area contributed by atoms with E-state index in [2.05, 4.69) is 0 Å². The Balaban J connectivity index is 1.96. The van der Waals surface area contributed by atoms with Gasteiger partial charge in [0.1, 0.15) is 0 Å². The molecule has 2 heterocycles. The number of nitrogens with zero attached hydrogens (tertiary/aromatic N) is 2. The zero-order chi connectivity index (χ0) is 19.3. The van der Waals surface area contributed by atoms with E-state index in [1.54, 1.807) is 17.9 Å². The van der Waals surface area contributed by atoms with E-state index >= 15 is 0 Å². The molecule has 5 nitrogen and oxygen atoms in total. The van der Waals surface area contributed by atoms with E-state index in [0.29, 0.717) is 16.9 Å².